The van der Waals surface area contributed by atoms with Gasteiger partial charge in [0.05, 0.1) is 24.3 Å². The highest BCUT2D eigenvalue weighted by molar-refractivity contribution is 6.03. The Bertz CT molecular complexity index is 798. The third-order valence-electron chi connectivity index (χ3n) is 4.72. The minimum absolute atomic E-state index is 0.131. The molecule has 0 atom stereocenters. The van der Waals surface area contributed by atoms with E-state index < -0.39 is 0 Å². The number of ether oxygens (including phenoxy) is 1. The molecule has 1 fully saturated rings. The van der Waals surface area contributed by atoms with Gasteiger partial charge in [0.1, 0.15) is 5.75 Å². The summed E-state index contributed by atoms with van der Waals surface area (Å²) in [6.07, 6.45) is 4.58. The second-order valence-electron chi connectivity index (χ2n) is 6.96. The van der Waals surface area contributed by atoms with Gasteiger partial charge in [0.25, 0.3) is 5.91 Å². The molecular weight excluding hydrogens is 340 g/mol. The van der Waals surface area contributed by atoms with E-state index in [1.54, 1.807) is 18.2 Å². The van der Waals surface area contributed by atoms with Crippen LogP contribution in [0.4, 0.5) is 5.69 Å². The fourth-order valence-corrected chi connectivity index (χ4v) is 3.30. The van der Waals surface area contributed by atoms with Gasteiger partial charge in [-0.2, -0.15) is 0 Å². The third-order valence-corrected chi connectivity index (χ3v) is 4.72. The van der Waals surface area contributed by atoms with Gasteiger partial charge < -0.3 is 15.4 Å². The van der Waals surface area contributed by atoms with Crippen molar-refractivity contribution in [1.29, 1.82) is 0 Å². The van der Waals surface area contributed by atoms with E-state index in [4.69, 9.17) is 4.74 Å². The fraction of sp³-hybridized carbons (Fsp3) is 0.364. The number of anilines is 1. The second-order valence-corrected chi connectivity index (χ2v) is 6.96. The SMILES string of the molecule is Cc1cccc(OCCC(=O)Nc2ccccc2C(=O)NC2CCCC2)c1. The molecule has 2 aromatic rings. The Morgan fingerprint density at radius 3 is 2.63 bits per heavy atom. The first kappa shape index (κ1) is 19.0. The third kappa shape index (κ3) is 5.58. The van der Waals surface area contributed by atoms with Crippen LogP contribution in [0.2, 0.25) is 0 Å². The number of amides is 2. The molecule has 2 amide bonds. The number of rotatable bonds is 7. The number of benzene rings is 2. The van der Waals surface area contributed by atoms with E-state index in [9.17, 15) is 9.59 Å². The summed E-state index contributed by atoms with van der Waals surface area (Å²) in [5.74, 6) is 0.441. The lowest BCUT2D eigenvalue weighted by Crippen LogP contribution is -2.33. The number of carbonyl (C=O) groups is 2. The largest absolute Gasteiger partial charge is 0.493 e. The number of hydrogen-bond acceptors (Lipinski definition) is 3. The van der Waals surface area contributed by atoms with Gasteiger partial charge >= 0.3 is 0 Å². The summed E-state index contributed by atoms with van der Waals surface area (Å²) in [7, 11) is 0. The standard InChI is InChI=1S/C22H26N2O3/c1-16-7-6-10-18(15-16)27-14-13-21(25)24-20-12-5-4-11-19(20)22(26)23-17-8-2-3-9-17/h4-7,10-12,15,17H,2-3,8-9,13-14H2,1H3,(H,23,26)(H,24,25). The molecule has 0 aromatic heterocycles. The first-order chi connectivity index (χ1) is 13.1. The summed E-state index contributed by atoms with van der Waals surface area (Å²) in [6, 6.07) is 15.1. The molecule has 0 saturated heterocycles. The maximum Gasteiger partial charge on any atom is 0.253 e. The lowest BCUT2D eigenvalue weighted by Gasteiger charge is -2.15. The Labute approximate surface area is 160 Å². The molecule has 0 heterocycles. The first-order valence-electron chi connectivity index (χ1n) is 9.51. The zero-order valence-corrected chi connectivity index (χ0v) is 15.7. The molecule has 0 bridgehead atoms. The highest BCUT2D eigenvalue weighted by Crippen LogP contribution is 2.20. The Hall–Kier alpha value is -2.82. The van der Waals surface area contributed by atoms with Crippen LogP contribution in [0.1, 0.15) is 48.0 Å². The molecular formula is C22H26N2O3. The van der Waals surface area contributed by atoms with Crippen LogP contribution in [0.25, 0.3) is 0 Å². The topological polar surface area (TPSA) is 67.4 Å². The molecule has 0 unspecified atom stereocenters. The van der Waals surface area contributed by atoms with Crippen molar-refractivity contribution in [3.63, 3.8) is 0 Å². The zero-order valence-electron chi connectivity index (χ0n) is 15.7. The Kier molecular flexibility index (Phi) is 6.47. The summed E-state index contributed by atoms with van der Waals surface area (Å²) >= 11 is 0. The van der Waals surface area contributed by atoms with E-state index in [0.717, 1.165) is 37.0 Å². The van der Waals surface area contributed by atoms with Crippen LogP contribution in [-0.2, 0) is 4.79 Å². The smallest absolute Gasteiger partial charge is 0.253 e. The molecule has 0 aliphatic heterocycles. The number of nitrogens with one attached hydrogen (secondary N) is 2. The molecule has 0 spiro atoms. The minimum atomic E-state index is -0.177. The van der Waals surface area contributed by atoms with Crippen LogP contribution in [0.3, 0.4) is 0 Å². The summed E-state index contributed by atoms with van der Waals surface area (Å²) in [6.45, 7) is 2.28. The molecule has 1 aliphatic rings. The quantitative estimate of drug-likeness (QED) is 0.776. The van der Waals surface area contributed by atoms with E-state index >= 15 is 0 Å². The monoisotopic (exact) mass is 366 g/mol. The van der Waals surface area contributed by atoms with Crippen LogP contribution < -0.4 is 15.4 Å². The minimum Gasteiger partial charge on any atom is -0.493 e. The van der Waals surface area contributed by atoms with Crippen LogP contribution in [0.15, 0.2) is 48.5 Å². The Morgan fingerprint density at radius 1 is 1.07 bits per heavy atom. The summed E-state index contributed by atoms with van der Waals surface area (Å²) in [5.41, 5.74) is 2.14. The molecule has 0 radical (unpaired) electrons. The van der Waals surface area contributed by atoms with Gasteiger partial charge in [0, 0.05) is 6.04 Å². The molecule has 142 valence electrons. The predicted octanol–water partition coefficient (Wildman–Crippen LogP) is 4.08. The molecule has 1 saturated carbocycles. The van der Waals surface area contributed by atoms with E-state index in [1.165, 1.54) is 0 Å². The average Bonchev–Trinajstić information content (AvgIpc) is 3.15. The molecule has 5 nitrogen and oxygen atoms in total. The zero-order chi connectivity index (χ0) is 19.1. The van der Waals surface area contributed by atoms with Crippen molar-refractivity contribution in [3.8, 4) is 5.75 Å². The van der Waals surface area contributed by atoms with Gasteiger partial charge in [-0.15, -0.1) is 0 Å². The van der Waals surface area contributed by atoms with Crippen molar-refractivity contribution < 1.29 is 14.3 Å². The van der Waals surface area contributed by atoms with Gasteiger partial charge in [0.2, 0.25) is 5.91 Å². The maximum atomic E-state index is 12.5. The van der Waals surface area contributed by atoms with Gasteiger partial charge in [0.15, 0.2) is 0 Å². The van der Waals surface area contributed by atoms with E-state index in [1.807, 2.05) is 37.3 Å². The molecule has 27 heavy (non-hydrogen) atoms. The van der Waals surface area contributed by atoms with E-state index in [0.29, 0.717) is 11.3 Å². The number of hydrogen-bond donors (Lipinski definition) is 2. The van der Waals surface area contributed by atoms with E-state index in [-0.39, 0.29) is 30.9 Å². The number of aryl methyl sites for hydroxylation is 1. The Balaban J connectivity index is 1.53. The molecule has 2 N–H and O–H groups in total. The number of para-hydroxylation sites is 1. The fourth-order valence-electron chi connectivity index (χ4n) is 3.30. The van der Waals surface area contributed by atoms with Crippen LogP contribution in [0.5, 0.6) is 5.75 Å². The highest BCUT2D eigenvalue weighted by Gasteiger charge is 2.20. The van der Waals surface area contributed by atoms with Crippen LogP contribution in [-0.4, -0.2) is 24.5 Å². The lowest BCUT2D eigenvalue weighted by atomic mass is 10.1. The summed E-state index contributed by atoms with van der Waals surface area (Å²) in [4.78, 5) is 24.8. The van der Waals surface area contributed by atoms with Crippen LogP contribution >= 0.6 is 0 Å². The van der Waals surface area contributed by atoms with Crippen molar-refractivity contribution in [3.05, 3.63) is 59.7 Å². The number of carbonyl (C=O) groups excluding carboxylic acids is 2. The van der Waals surface area contributed by atoms with Crippen molar-refractivity contribution in [2.45, 2.75) is 45.1 Å². The van der Waals surface area contributed by atoms with Gasteiger partial charge in [-0.3, -0.25) is 9.59 Å². The lowest BCUT2D eigenvalue weighted by molar-refractivity contribution is -0.116. The first-order valence-corrected chi connectivity index (χ1v) is 9.51. The van der Waals surface area contributed by atoms with Crippen molar-refractivity contribution in [1.82, 2.24) is 5.32 Å². The van der Waals surface area contributed by atoms with Crippen molar-refractivity contribution in [2.75, 3.05) is 11.9 Å². The van der Waals surface area contributed by atoms with Crippen molar-refractivity contribution in [2.24, 2.45) is 0 Å². The molecule has 5 heteroatoms. The van der Waals surface area contributed by atoms with Crippen LogP contribution in [0, 0.1) is 6.92 Å². The molecule has 2 aromatic carbocycles. The normalized spacial score (nSPS) is 14.0. The second kappa shape index (κ2) is 9.21. The summed E-state index contributed by atoms with van der Waals surface area (Å²) < 4.78 is 5.62. The van der Waals surface area contributed by atoms with Gasteiger partial charge in [-0.1, -0.05) is 37.1 Å². The van der Waals surface area contributed by atoms with Gasteiger partial charge in [-0.05, 0) is 49.6 Å². The predicted molar refractivity (Wildman–Crippen MR) is 106 cm³/mol. The van der Waals surface area contributed by atoms with Crippen molar-refractivity contribution >= 4 is 17.5 Å². The highest BCUT2D eigenvalue weighted by atomic mass is 16.5. The van der Waals surface area contributed by atoms with Gasteiger partial charge in [-0.25, -0.2) is 0 Å². The molecule has 1 aliphatic carbocycles. The average molecular weight is 366 g/mol. The van der Waals surface area contributed by atoms with E-state index in [2.05, 4.69) is 10.6 Å². The maximum absolute atomic E-state index is 12.5. The Morgan fingerprint density at radius 2 is 1.85 bits per heavy atom. The summed E-state index contributed by atoms with van der Waals surface area (Å²) in [5, 5.41) is 5.90. The molecule has 3 rings (SSSR count).